The van der Waals surface area contributed by atoms with Gasteiger partial charge in [-0.15, -0.1) is 0 Å². The zero-order chi connectivity index (χ0) is 36.0. The van der Waals surface area contributed by atoms with E-state index in [4.69, 9.17) is 16.6 Å². The molecule has 1 saturated heterocycles. The van der Waals surface area contributed by atoms with E-state index in [0.717, 1.165) is 29.6 Å². The van der Waals surface area contributed by atoms with Crippen molar-refractivity contribution in [3.8, 4) is 0 Å². The van der Waals surface area contributed by atoms with Gasteiger partial charge in [-0.05, 0) is 61.7 Å². The van der Waals surface area contributed by atoms with Crippen LogP contribution in [0.1, 0.15) is 47.6 Å². The average molecular weight is 688 g/mol. The summed E-state index contributed by atoms with van der Waals surface area (Å²) in [6, 6.07) is 13.0. The Labute approximate surface area is 288 Å². The molecule has 0 spiro atoms. The van der Waals surface area contributed by atoms with E-state index in [2.05, 4.69) is 21.4 Å². The van der Waals surface area contributed by atoms with Gasteiger partial charge < -0.3 is 20.9 Å². The van der Waals surface area contributed by atoms with Crippen molar-refractivity contribution in [3.63, 3.8) is 0 Å². The Kier molecular flexibility index (Phi) is 11.1. The van der Waals surface area contributed by atoms with E-state index < -0.39 is 23.0 Å². The highest BCUT2D eigenvalue weighted by molar-refractivity contribution is 6.15. The molecule has 0 saturated carbocycles. The number of halogens is 3. The molecule has 1 fully saturated rings. The first-order valence-corrected chi connectivity index (χ1v) is 16.3. The van der Waals surface area contributed by atoms with Gasteiger partial charge in [-0.3, -0.25) is 30.3 Å². The molecule has 3 aromatic rings. The summed E-state index contributed by atoms with van der Waals surface area (Å²) < 4.78 is 41.0. The van der Waals surface area contributed by atoms with Crippen molar-refractivity contribution in [2.45, 2.75) is 25.9 Å². The summed E-state index contributed by atoms with van der Waals surface area (Å²) in [5.41, 5.74) is 7.76. The molecule has 0 unspecified atom stereocenters. The molecule has 5 N–H and O–H groups in total. The number of nitrogens with zero attached hydrogens (tertiary/aromatic N) is 5. The first-order chi connectivity index (χ1) is 23.9. The number of carbonyl (C=O) groups is 2. The number of benzene rings is 2. The third-order valence-electron chi connectivity index (χ3n) is 8.99. The molecule has 2 amide bonds. The highest BCUT2D eigenvalue weighted by atomic mass is 19.4. The Morgan fingerprint density at radius 3 is 2.54 bits per heavy atom. The van der Waals surface area contributed by atoms with Gasteiger partial charge in [0.15, 0.2) is 5.84 Å². The standard InChI is InChI=1S/C36H40F3N9O2/c1-3-48(27-8-9-31(40)28(18-27)33(41)29-19-44-14-10-30(29)36(37,38)39)35(50)26-11-15-46(20-26)21-32(49)47-16-12-24(13-17-47)23-4-6-25(7-5-23)34(42)45-22-43-2/h4-10,12,14,18-19,22,26,41H,3,11,13,15-17,20-21,40H2,1-2H3,(H2,42,43,45)/t26-/m1/s1. The molecule has 0 bridgehead atoms. The number of aliphatic imine (C=N–C) groups is 1. The lowest BCUT2D eigenvalue weighted by molar-refractivity contribution is -0.137. The van der Waals surface area contributed by atoms with Crippen LogP contribution in [0.4, 0.5) is 24.5 Å². The number of amides is 2. The molecule has 50 heavy (non-hydrogen) atoms. The smallest absolute Gasteiger partial charge is 0.398 e. The summed E-state index contributed by atoms with van der Waals surface area (Å²) in [5, 5.41) is 19.4. The van der Waals surface area contributed by atoms with E-state index in [1.54, 1.807) is 24.9 Å². The molecule has 1 atom stereocenters. The van der Waals surface area contributed by atoms with E-state index in [1.165, 1.54) is 18.5 Å². The van der Waals surface area contributed by atoms with Gasteiger partial charge >= 0.3 is 6.18 Å². The van der Waals surface area contributed by atoms with Crippen LogP contribution in [0.2, 0.25) is 0 Å². The van der Waals surface area contributed by atoms with Crippen molar-refractivity contribution in [1.29, 1.82) is 10.8 Å². The summed E-state index contributed by atoms with van der Waals surface area (Å²) in [6.07, 6.45) is 2.10. The number of hydrogen-bond donors (Lipinski definition) is 4. The number of aromatic nitrogens is 1. The van der Waals surface area contributed by atoms with Gasteiger partial charge in [0, 0.05) is 73.7 Å². The van der Waals surface area contributed by atoms with Crippen LogP contribution in [-0.2, 0) is 15.8 Å². The summed E-state index contributed by atoms with van der Waals surface area (Å²) in [7, 11) is 1.72. The van der Waals surface area contributed by atoms with E-state index >= 15 is 0 Å². The zero-order valence-electron chi connectivity index (χ0n) is 27.9. The maximum atomic E-state index is 13.7. The van der Waals surface area contributed by atoms with Crippen LogP contribution in [0.15, 0.2) is 72.0 Å². The van der Waals surface area contributed by atoms with Crippen LogP contribution >= 0.6 is 0 Å². The molecule has 11 nitrogen and oxygen atoms in total. The fourth-order valence-corrected chi connectivity index (χ4v) is 6.27. The quantitative estimate of drug-likeness (QED) is 0.138. The molecular weight excluding hydrogens is 647 g/mol. The monoisotopic (exact) mass is 687 g/mol. The SMILES string of the molecule is CCN(C(=O)[C@@H]1CCN(CC(=O)N2CC=C(c3ccc(C(=N)/N=C\NC)cc3)CC2)C1)c1ccc(N)c(C(=N)c2cnccc2C(F)(F)F)c1. The minimum atomic E-state index is -4.69. The molecule has 3 heterocycles. The molecule has 2 aliphatic heterocycles. The van der Waals surface area contributed by atoms with E-state index in [1.807, 2.05) is 34.1 Å². The normalized spacial score (nSPS) is 16.7. The Bertz CT molecular complexity index is 1820. The van der Waals surface area contributed by atoms with Crippen molar-refractivity contribution in [3.05, 3.63) is 94.8 Å². The second-order valence-electron chi connectivity index (χ2n) is 12.2. The Morgan fingerprint density at radius 2 is 1.88 bits per heavy atom. The van der Waals surface area contributed by atoms with Crippen LogP contribution in [-0.4, -0.2) is 90.8 Å². The second kappa shape index (κ2) is 15.5. The number of likely N-dealkylation sites (tertiary alicyclic amines) is 1. The number of nitrogens with one attached hydrogen (secondary N) is 3. The Hall–Kier alpha value is -5.37. The average Bonchev–Trinajstić information content (AvgIpc) is 3.59. The fourth-order valence-electron chi connectivity index (χ4n) is 6.27. The van der Waals surface area contributed by atoms with Crippen LogP contribution in [0.5, 0.6) is 0 Å². The van der Waals surface area contributed by atoms with Crippen molar-refractivity contribution in [2.75, 3.05) is 56.9 Å². The van der Waals surface area contributed by atoms with Gasteiger partial charge in [0.25, 0.3) is 0 Å². The van der Waals surface area contributed by atoms with Gasteiger partial charge in [0.1, 0.15) is 0 Å². The van der Waals surface area contributed by atoms with Crippen molar-refractivity contribution < 1.29 is 22.8 Å². The molecule has 1 aromatic heterocycles. The lowest BCUT2D eigenvalue weighted by Crippen LogP contribution is -2.42. The highest BCUT2D eigenvalue weighted by Gasteiger charge is 2.36. The van der Waals surface area contributed by atoms with Crippen molar-refractivity contribution >= 4 is 46.6 Å². The summed E-state index contributed by atoms with van der Waals surface area (Å²) in [6.45, 7) is 4.33. The number of nitrogens with two attached hydrogens (primary N) is 1. The third-order valence-corrected chi connectivity index (χ3v) is 8.99. The van der Waals surface area contributed by atoms with Gasteiger partial charge in [-0.1, -0.05) is 30.3 Å². The van der Waals surface area contributed by atoms with Gasteiger partial charge in [0.05, 0.1) is 30.1 Å². The summed E-state index contributed by atoms with van der Waals surface area (Å²) in [4.78, 5) is 40.1. The van der Waals surface area contributed by atoms with E-state index in [0.29, 0.717) is 56.8 Å². The molecule has 0 radical (unpaired) electrons. The second-order valence-corrected chi connectivity index (χ2v) is 12.2. The van der Waals surface area contributed by atoms with Gasteiger partial charge in [0.2, 0.25) is 11.8 Å². The summed E-state index contributed by atoms with van der Waals surface area (Å²) in [5.74, 6) is -0.387. The van der Waals surface area contributed by atoms with E-state index in [-0.39, 0.29) is 41.4 Å². The maximum Gasteiger partial charge on any atom is 0.417 e. The largest absolute Gasteiger partial charge is 0.417 e. The minimum absolute atomic E-state index is 0.0118. The predicted octanol–water partition coefficient (Wildman–Crippen LogP) is 4.66. The highest BCUT2D eigenvalue weighted by Crippen LogP contribution is 2.34. The Balaban J connectivity index is 1.19. The first kappa shape index (κ1) is 35.9. The molecule has 0 aliphatic carbocycles. The zero-order valence-corrected chi connectivity index (χ0v) is 27.9. The van der Waals surface area contributed by atoms with Crippen molar-refractivity contribution in [2.24, 2.45) is 10.9 Å². The summed E-state index contributed by atoms with van der Waals surface area (Å²) >= 11 is 0. The number of pyridine rings is 1. The molecule has 5 rings (SSSR count). The number of hydrogen-bond acceptors (Lipinski definition) is 7. The molecule has 14 heteroatoms. The van der Waals surface area contributed by atoms with Gasteiger partial charge in [-0.2, -0.15) is 13.2 Å². The first-order valence-electron chi connectivity index (χ1n) is 16.3. The van der Waals surface area contributed by atoms with Crippen LogP contribution in [0, 0.1) is 16.7 Å². The maximum absolute atomic E-state index is 13.7. The topological polar surface area (TPSA) is 155 Å². The van der Waals surface area contributed by atoms with Crippen LogP contribution in [0.3, 0.4) is 0 Å². The number of alkyl halides is 3. The lowest BCUT2D eigenvalue weighted by atomic mass is 9.97. The number of nitrogen functional groups attached to an aromatic ring is 1. The number of carbonyl (C=O) groups excluding carboxylic acids is 2. The van der Waals surface area contributed by atoms with Gasteiger partial charge in [-0.25, -0.2) is 4.99 Å². The van der Waals surface area contributed by atoms with Crippen molar-refractivity contribution in [1.82, 2.24) is 20.1 Å². The molecule has 262 valence electrons. The number of anilines is 2. The van der Waals surface area contributed by atoms with Crippen LogP contribution < -0.4 is 16.0 Å². The van der Waals surface area contributed by atoms with Crippen LogP contribution in [0.25, 0.3) is 5.57 Å². The van der Waals surface area contributed by atoms with E-state index in [9.17, 15) is 22.8 Å². The lowest BCUT2D eigenvalue weighted by Gasteiger charge is -2.29. The molecule has 2 aliphatic rings. The third kappa shape index (κ3) is 8.08. The Morgan fingerprint density at radius 1 is 1.12 bits per heavy atom. The minimum Gasteiger partial charge on any atom is -0.398 e. The number of rotatable bonds is 10. The molecular formula is C36H40F3N9O2. The number of amidine groups is 1. The molecule has 2 aromatic carbocycles. The fraction of sp³-hybridized carbons (Fsp3) is 0.333. The predicted molar refractivity (Wildman–Crippen MR) is 189 cm³/mol.